The maximum atomic E-state index is 12.8. The summed E-state index contributed by atoms with van der Waals surface area (Å²) in [5.41, 5.74) is 0.296. The van der Waals surface area contributed by atoms with Gasteiger partial charge in [0.25, 0.3) is 5.91 Å². The first kappa shape index (κ1) is 19.3. The SMILES string of the molecule is COc1cc(OC)cc(C(=O)NCCn2nc(-c3cccs3)n(C3CC3)c2=O)c1. The molecule has 2 aromatic heterocycles. The Morgan fingerprint density at radius 2 is 1.97 bits per heavy atom. The second-order valence-electron chi connectivity index (χ2n) is 6.77. The molecule has 2 heterocycles. The van der Waals surface area contributed by atoms with E-state index >= 15 is 0 Å². The average molecular weight is 414 g/mol. The summed E-state index contributed by atoms with van der Waals surface area (Å²) in [5.74, 6) is 1.51. The second kappa shape index (κ2) is 8.12. The van der Waals surface area contributed by atoms with Crippen LogP contribution in [0, 0.1) is 0 Å². The molecule has 1 N–H and O–H groups in total. The Labute approximate surface area is 171 Å². The lowest BCUT2D eigenvalue weighted by atomic mass is 10.2. The zero-order valence-corrected chi connectivity index (χ0v) is 17.1. The summed E-state index contributed by atoms with van der Waals surface area (Å²) in [6, 6.07) is 9.12. The van der Waals surface area contributed by atoms with Crippen molar-refractivity contribution in [3.63, 3.8) is 0 Å². The summed E-state index contributed by atoms with van der Waals surface area (Å²) >= 11 is 1.56. The fourth-order valence-electron chi connectivity index (χ4n) is 3.12. The number of benzene rings is 1. The minimum atomic E-state index is -0.268. The molecule has 29 heavy (non-hydrogen) atoms. The molecule has 8 nitrogen and oxygen atoms in total. The van der Waals surface area contributed by atoms with Crippen molar-refractivity contribution in [1.29, 1.82) is 0 Å². The van der Waals surface area contributed by atoms with E-state index in [4.69, 9.17) is 9.47 Å². The number of carbonyl (C=O) groups is 1. The van der Waals surface area contributed by atoms with E-state index in [0.717, 1.165) is 17.7 Å². The van der Waals surface area contributed by atoms with E-state index in [9.17, 15) is 9.59 Å². The number of nitrogens with zero attached hydrogens (tertiary/aromatic N) is 3. The fraction of sp³-hybridized carbons (Fsp3) is 0.350. The van der Waals surface area contributed by atoms with Gasteiger partial charge in [0, 0.05) is 24.2 Å². The number of aromatic nitrogens is 3. The number of thiophene rings is 1. The second-order valence-corrected chi connectivity index (χ2v) is 7.71. The van der Waals surface area contributed by atoms with E-state index in [1.165, 1.54) is 18.9 Å². The molecule has 1 aliphatic rings. The van der Waals surface area contributed by atoms with E-state index in [1.807, 2.05) is 17.5 Å². The van der Waals surface area contributed by atoms with E-state index in [2.05, 4.69) is 10.4 Å². The summed E-state index contributed by atoms with van der Waals surface area (Å²) in [4.78, 5) is 26.3. The normalized spacial score (nSPS) is 13.3. The Morgan fingerprint density at radius 1 is 1.24 bits per heavy atom. The molecule has 0 unspecified atom stereocenters. The van der Waals surface area contributed by atoms with E-state index in [-0.39, 0.29) is 24.2 Å². The highest BCUT2D eigenvalue weighted by atomic mass is 32.1. The Hall–Kier alpha value is -3.07. The van der Waals surface area contributed by atoms with Crippen molar-refractivity contribution in [1.82, 2.24) is 19.7 Å². The van der Waals surface area contributed by atoms with Gasteiger partial charge in [-0.05, 0) is 36.4 Å². The molecular formula is C20H22N4O4S. The number of hydrogen-bond acceptors (Lipinski definition) is 6. The molecule has 1 aliphatic carbocycles. The molecule has 152 valence electrons. The third-order valence-electron chi connectivity index (χ3n) is 4.75. The minimum absolute atomic E-state index is 0.131. The highest BCUT2D eigenvalue weighted by molar-refractivity contribution is 7.13. The highest BCUT2D eigenvalue weighted by Gasteiger charge is 2.30. The zero-order chi connectivity index (χ0) is 20.4. The van der Waals surface area contributed by atoms with Crippen molar-refractivity contribution < 1.29 is 14.3 Å². The lowest BCUT2D eigenvalue weighted by Crippen LogP contribution is -2.32. The predicted octanol–water partition coefficient (Wildman–Crippen LogP) is 2.56. The lowest BCUT2D eigenvalue weighted by molar-refractivity contribution is 0.0951. The molecule has 9 heteroatoms. The van der Waals surface area contributed by atoms with Gasteiger partial charge in [-0.15, -0.1) is 16.4 Å². The van der Waals surface area contributed by atoms with Gasteiger partial charge < -0.3 is 14.8 Å². The molecule has 1 saturated carbocycles. The van der Waals surface area contributed by atoms with Crippen LogP contribution in [-0.2, 0) is 6.54 Å². The molecule has 0 saturated heterocycles. The van der Waals surface area contributed by atoms with Crippen LogP contribution in [-0.4, -0.2) is 41.0 Å². The van der Waals surface area contributed by atoms with Crippen LogP contribution in [0.25, 0.3) is 10.7 Å². The zero-order valence-electron chi connectivity index (χ0n) is 16.3. The fourth-order valence-corrected chi connectivity index (χ4v) is 3.82. The van der Waals surface area contributed by atoms with Gasteiger partial charge in [0.1, 0.15) is 11.5 Å². The van der Waals surface area contributed by atoms with Crippen LogP contribution in [0.3, 0.4) is 0 Å². The molecule has 4 rings (SSSR count). The Morgan fingerprint density at radius 3 is 2.55 bits per heavy atom. The molecular weight excluding hydrogens is 392 g/mol. The van der Waals surface area contributed by atoms with Gasteiger partial charge >= 0.3 is 5.69 Å². The number of carbonyl (C=O) groups excluding carboxylic acids is 1. The van der Waals surface area contributed by atoms with Gasteiger partial charge in [-0.1, -0.05) is 6.07 Å². The number of hydrogen-bond donors (Lipinski definition) is 1. The van der Waals surface area contributed by atoms with Crippen molar-refractivity contribution >= 4 is 17.2 Å². The van der Waals surface area contributed by atoms with Crippen LogP contribution < -0.4 is 20.5 Å². The smallest absolute Gasteiger partial charge is 0.346 e. The Bertz CT molecular complexity index is 1040. The largest absolute Gasteiger partial charge is 0.497 e. The Balaban J connectivity index is 1.47. The van der Waals surface area contributed by atoms with E-state index in [0.29, 0.717) is 29.4 Å². The summed E-state index contributed by atoms with van der Waals surface area (Å²) in [7, 11) is 3.06. The number of amides is 1. The summed E-state index contributed by atoms with van der Waals surface area (Å²) in [6.45, 7) is 0.577. The first-order valence-corrected chi connectivity index (χ1v) is 10.2. The third-order valence-corrected chi connectivity index (χ3v) is 5.61. The molecule has 0 aliphatic heterocycles. The molecule has 3 aromatic rings. The molecule has 1 aromatic carbocycles. The van der Waals surface area contributed by atoms with Crippen LogP contribution in [0.1, 0.15) is 29.2 Å². The van der Waals surface area contributed by atoms with Crippen LogP contribution in [0.2, 0.25) is 0 Å². The van der Waals surface area contributed by atoms with Crippen molar-refractivity contribution in [3.05, 3.63) is 51.8 Å². The maximum Gasteiger partial charge on any atom is 0.346 e. The lowest BCUT2D eigenvalue weighted by Gasteiger charge is -2.09. The third kappa shape index (κ3) is 4.04. The molecule has 0 atom stereocenters. The van der Waals surface area contributed by atoms with Gasteiger partial charge in [0.2, 0.25) is 0 Å². The summed E-state index contributed by atoms with van der Waals surface area (Å²) in [6.07, 6.45) is 2.00. The predicted molar refractivity (Wildman–Crippen MR) is 110 cm³/mol. The van der Waals surface area contributed by atoms with Gasteiger partial charge in [-0.3, -0.25) is 9.36 Å². The molecule has 0 spiro atoms. The van der Waals surface area contributed by atoms with Gasteiger partial charge in [0.15, 0.2) is 5.82 Å². The van der Waals surface area contributed by atoms with Gasteiger partial charge in [-0.2, -0.15) is 0 Å². The number of nitrogens with one attached hydrogen (secondary N) is 1. The molecule has 0 bridgehead atoms. The summed E-state index contributed by atoms with van der Waals surface area (Å²) < 4.78 is 13.6. The van der Waals surface area contributed by atoms with E-state index in [1.54, 1.807) is 34.1 Å². The van der Waals surface area contributed by atoms with Crippen molar-refractivity contribution in [2.75, 3.05) is 20.8 Å². The molecule has 1 amide bonds. The number of rotatable bonds is 8. The minimum Gasteiger partial charge on any atom is -0.497 e. The number of ether oxygens (including phenoxy) is 2. The topological polar surface area (TPSA) is 87.4 Å². The van der Waals surface area contributed by atoms with Crippen LogP contribution in [0.4, 0.5) is 0 Å². The van der Waals surface area contributed by atoms with Gasteiger partial charge in [0.05, 0.1) is 25.6 Å². The quantitative estimate of drug-likeness (QED) is 0.612. The average Bonchev–Trinajstić information content (AvgIpc) is 3.31. The van der Waals surface area contributed by atoms with Crippen LogP contribution in [0.15, 0.2) is 40.5 Å². The maximum absolute atomic E-state index is 12.8. The monoisotopic (exact) mass is 414 g/mol. The first-order valence-electron chi connectivity index (χ1n) is 9.35. The van der Waals surface area contributed by atoms with Crippen LogP contribution in [0.5, 0.6) is 11.5 Å². The van der Waals surface area contributed by atoms with Crippen molar-refractivity contribution in [2.45, 2.75) is 25.4 Å². The van der Waals surface area contributed by atoms with Crippen molar-refractivity contribution in [2.24, 2.45) is 0 Å². The van der Waals surface area contributed by atoms with E-state index < -0.39 is 0 Å². The number of methoxy groups -OCH3 is 2. The Kier molecular flexibility index (Phi) is 5.39. The molecule has 1 fully saturated rings. The summed E-state index contributed by atoms with van der Waals surface area (Å²) in [5, 5.41) is 9.32. The first-order chi connectivity index (χ1) is 14.1. The van der Waals surface area contributed by atoms with Gasteiger partial charge in [-0.25, -0.2) is 9.48 Å². The molecule has 0 radical (unpaired) electrons. The highest BCUT2D eigenvalue weighted by Crippen LogP contribution is 2.37. The van der Waals surface area contributed by atoms with Crippen LogP contribution >= 0.6 is 11.3 Å². The standard InChI is InChI=1S/C20H22N4O4S/c1-27-15-10-13(11-16(12-15)28-2)19(25)21-7-8-23-20(26)24(14-5-6-14)18(22-23)17-4-3-9-29-17/h3-4,9-12,14H,5-8H2,1-2H3,(H,21,25). The van der Waals surface area contributed by atoms with Crippen molar-refractivity contribution in [3.8, 4) is 22.2 Å².